The maximum atomic E-state index is 13.0. The van der Waals surface area contributed by atoms with Crippen LogP contribution < -0.4 is 10.6 Å². The molecule has 2 N–H and O–H groups in total. The number of thioether (sulfide) groups is 2. The van der Waals surface area contributed by atoms with Crippen molar-refractivity contribution in [3.8, 4) is 0 Å². The molecule has 2 saturated heterocycles. The first kappa shape index (κ1) is 25.0. The Kier molecular flexibility index (Phi) is 7.82. The Morgan fingerprint density at radius 3 is 2.50 bits per heavy atom. The average Bonchev–Trinajstić information content (AvgIpc) is 3.45. The van der Waals surface area contributed by atoms with Crippen LogP contribution in [0.5, 0.6) is 0 Å². The number of nitrogens with zero attached hydrogens (tertiary/aromatic N) is 3. The maximum Gasteiger partial charge on any atom is 0.354 e. The first-order chi connectivity index (χ1) is 16.3. The van der Waals surface area contributed by atoms with Crippen molar-refractivity contribution >= 4 is 46.8 Å². The third-order valence-corrected chi connectivity index (χ3v) is 10.2. The number of anilines is 1. The lowest BCUT2D eigenvalue weighted by molar-refractivity contribution is -0.138. The SMILES string of the molecule is CCOC(=O)C(N)=C1CC2(CC1=NCC(=O)N1CCN(c3cccc(C)c3C)CC1)SCCS2. The van der Waals surface area contributed by atoms with Crippen molar-refractivity contribution in [1.29, 1.82) is 0 Å². The van der Waals surface area contributed by atoms with E-state index in [9.17, 15) is 9.59 Å². The van der Waals surface area contributed by atoms with Crippen LogP contribution in [-0.4, -0.2) is 77.4 Å². The molecule has 1 amide bonds. The van der Waals surface area contributed by atoms with Gasteiger partial charge in [0.15, 0.2) is 0 Å². The minimum Gasteiger partial charge on any atom is -0.461 e. The van der Waals surface area contributed by atoms with Gasteiger partial charge in [0.2, 0.25) is 5.91 Å². The molecule has 0 radical (unpaired) electrons. The molecular weight excluding hydrogens is 468 g/mol. The Hall–Kier alpha value is -2.13. The van der Waals surface area contributed by atoms with Crippen LogP contribution >= 0.6 is 23.5 Å². The summed E-state index contributed by atoms with van der Waals surface area (Å²) >= 11 is 3.81. The molecule has 2 heterocycles. The lowest BCUT2D eigenvalue weighted by Gasteiger charge is -2.37. The number of ether oxygens (including phenoxy) is 1. The minimum atomic E-state index is -0.496. The molecular formula is C25H34N4O3S2. The van der Waals surface area contributed by atoms with Gasteiger partial charge in [-0.15, -0.1) is 23.5 Å². The second kappa shape index (κ2) is 10.6. The van der Waals surface area contributed by atoms with Crippen LogP contribution in [0.1, 0.15) is 30.9 Å². The molecule has 1 aromatic rings. The second-order valence-corrected chi connectivity index (χ2v) is 12.1. The molecule has 1 saturated carbocycles. The van der Waals surface area contributed by atoms with E-state index >= 15 is 0 Å². The normalized spacial score (nSPS) is 22.5. The molecule has 0 unspecified atom stereocenters. The van der Waals surface area contributed by atoms with E-state index in [1.807, 2.05) is 28.4 Å². The molecule has 4 rings (SSSR count). The van der Waals surface area contributed by atoms with E-state index in [1.165, 1.54) is 16.8 Å². The first-order valence-corrected chi connectivity index (χ1v) is 13.9. The molecule has 0 bridgehead atoms. The number of allylic oxidation sites excluding steroid dienone is 1. The van der Waals surface area contributed by atoms with Crippen LogP contribution in [0, 0.1) is 13.8 Å². The van der Waals surface area contributed by atoms with Gasteiger partial charge < -0.3 is 20.3 Å². The van der Waals surface area contributed by atoms with Gasteiger partial charge in [-0.05, 0) is 38.0 Å². The van der Waals surface area contributed by atoms with Crippen molar-refractivity contribution in [2.75, 3.05) is 55.7 Å². The van der Waals surface area contributed by atoms with Crippen LogP contribution in [-0.2, 0) is 14.3 Å². The van der Waals surface area contributed by atoms with E-state index in [-0.39, 0.29) is 28.8 Å². The van der Waals surface area contributed by atoms with Crippen LogP contribution in [0.15, 0.2) is 34.5 Å². The molecule has 0 aromatic heterocycles. The number of esters is 1. The second-order valence-electron chi connectivity index (χ2n) is 8.92. The summed E-state index contributed by atoms with van der Waals surface area (Å²) in [6.07, 6.45) is 1.42. The van der Waals surface area contributed by atoms with Gasteiger partial charge in [0.25, 0.3) is 0 Å². The summed E-state index contributed by atoms with van der Waals surface area (Å²) < 4.78 is 5.11. The van der Waals surface area contributed by atoms with Crippen molar-refractivity contribution < 1.29 is 14.3 Å². The number of carbonyl (C=O) groups is 2. The van der Waals surface area contributed by atoms with Crippen molar-refractivity contribution in [2.45, 2.75) is 37.7 Å². The fourth-order valence-electron chi connectivity index (χ4n) is 4.77. The van der Waals surface area contributed by atoms with Gasteiger partial charge in [0, 0.05) is 67.5 Å². The summed E-state index contributed by atoms with van der Waals surface area (Å²) in [6, 6.07) is 6.38. The first-order valence-electron chi connectivity index (χ1n) is 11.9. The Balaban J connectivity index is 1.42. The molecule has 3 aliphatic rings. The lowest BCUT2D eigenvalue weighted by atomic mass is 10.1. The number of hydrogen-bond donors (Lipinski definition) is 1. The van der Waals surface area contributed by atoms with E-state index in [0.29, 0.717) is 19.5 Å². The van der Waals surface area contributed by atoms with Gasteiger partial charge in [-0.2, -0.15) is 0 Å². The van der Waals surface area contributed by atoms with Gasteiger partial charge >= 0.3 is 5.97 Å². The smallest absolute Gasteiger partial charge is 0.354 e. The Morgan fingerprint density at radius 2 is 1.82 bits per heavy atom. The van der Waals surface area contributed by atoms with Gasteiger partial charge in [-0.1, -0.05) is 12.1 Å². The van der Waals surface area contributed by atoms with Crippen molar-refractivity contribution in [1.82, 2.24) is 4.90 Å². The van der Waals surface area contributed by atoms with Crippen molar-refractivity contribution in [3.63, 3.8) is 0 Å². The molecule has 9 heteroatoms. The third kappa shape index (κ3) is 5.25. The summed E-state index contributed by atoms with van der Waals surface area (Å²) in [7, 11) is 0. The highest BCUT2D eigenvalue weighted by Crippen LogP contribution is 2.55. The van der Waals surface area contributed by atoms with E-state index in [1.54, 1.807) is 6.92 Å². The molecule has 1 aliphatic carbocycles. The number of carbonyl (C=O) groups excluding carboxylic acids is 2. The van der Waals surface area contributed by atoms with Crippen LogP contribution in [0.3, 0.4) is 0 Å². The van der Waals surface area contributed by atoms with Gasteiger partial charge in [-0.3, -0.25) is 9.79 Å². The van der Waals surface area contributed by atoms with E-state index < -0.39 is 5.97 Å². The summed E-state index contributed by atoms with van der Waals surface area (Å²) in [4.78, 5) is 34.3. The number of hydrogen-bond acceptors (Lipinski definition) is 8. The number of aryl methyl sites for hydroxylation is 1. The number of amides is 1. The molecule has 7 nitrogen and oxygen atoms in total. The minimum absolute atomic E-state index is 0.0222. The summed E-state index contributed by atoms with van der Waals surface area (Å²) in [5.74, 6) is 1.68. The van der Waals surface area contributed by atoms with Gasteiger partial charge in [0.05, 0.1) is 10.7 Å². The highest BCUT2D eigenvalue weighted by molar-refractivity contribution is 8.21. The molecule has 1 spiro atoms. The van der Waals surface area contributed by atoms with E-state index in [2.05, 4.69) is 36.9 Å². The number of piperazine rings is 1. The predicted molar refractivity (Wildman–Crippen MR) is 142 cm³/mol. The summed E-state index contributed by atoms with van der Waals surface area (Å²) in [6.45, 7) is 9.40. The zero-order valence-corrected chi connectivity index (χ0v) is 21.9. The summed E-state index contributed by atoms with van der Waals surface area (Å²) in [5, 5.41) is 0. The number of aliphatic imine (C=N–C) groups is 1. The fraction of sp³-hybridized carbons (Fsp3) is 0.560. The van der Waals surface area contributed by atoms with Crippen LogP contribution in [0.2, 0.25) is 0 Å². The fourth-order valence-corrected chi connectivity index (χ4v) is 7.98. The Morgan fingerprint density at radius 1 is 1.12 bits per heavy atom. The molecule has 34 heavy (non-hydrogen) atoms. The van der Waals surface area contributed by atoms with Gasteiger partial charge in [0.1, 0.15) is 12.2 Å². The number of benzene rings is 1. The highest BCUT2D eigenvalue weighted by atomic mass is 32.2. The number of nitrogens with two attached hydrogens (primary N) is 1. The van der Waals surface area contributed by atoms with Crippen molar-refractivity contribution in [2.24, 2.45) is 10.7 Å². The monoisotopic (exact) mass is 502 g/mol. The largest absolute Gasteiger partial charge is 0.461 e. The Labute approximate surface area is 210 Å². The third-order valence-electron chi connectivity index (χ3n) is 6.82. The summed E-state index contributed by atoms with van der Waals surface area (Å²) in [5.41, 5.74) is 11.7. The molecule has 0 atom stereocenters. The van der Waals surface area contributed by atoms with E-state index in [0.717, 1.165) is 42.3 Å². The maximum absolute atomic E-state index is 13.0. The Bertz CT molecular complexity index is 1010. The molecule has 184 valence electrons. The number of rotatable bonds is 5. The quantitative estimate of drug-likeness (QED) is 0.489. The molecule has 1 aromatic carbocycles. The van der Waals surface area contributed by atoms with E-state index in [4.69, 9.17) is 15.5 Å². The zero-order valence-electron chi connectivity index (χ0n) is 20.3. The lowest BCUT2D eigenvalue weighted by Crippen LogP contribution is -2.49. The predicted octanol–water partition coefficient (Wildman–Crippen LogP) is 3.14. The standard InChI is InChI=1S/C25H34N4O3S2/c1-4-32-24(31)23(26)19-14-25(33-12-13-34-25)15-20(19)27-16-22(30)29-10-8-28(9-11-29)21-7-5-6-17(2)18(21)3/h5-7H,4,8-16,26H2,1-3H3. The van der Waals surface area contributed by atoms with Crippen LogP contribution in [0.25, 0.3) is 0 Å². The zero-order chi connectivity index (χ0) is 24.3. The van der Waals surface area contributed by atoms with Gasteiger partial charge in [-0.25, -0.2) is 4.79 Å². The molecule has 3 fully saturated rings. The molecule has 2 aliphatic heterocycles. The topological polar surface area (TPSA) is 88.2 Å². The highest BCUT2D eigenvalue weighted by Gasteiger charge is 2.45. The van der Waals surface area contributed by atoms with Crippen molar-refractivity contribution in [3.05, 3.63) is 40.6 Å². The van der Waals surface area contributed by atoms with Crippen LogP contribution in [0.4, 0.5) is 5.69 Å². The average molecular weight is 503 g/mol.